The molecule has 0 aromatic heterocycles. The van der Waals surface area contributed by atoms with Gasteiger partial charge < -0.3 is 5.73 Å². The maximum Gasteiger partial charge on any atom is 0.0475 e. The van der Waals surface area contributed by atoms with Gasteiger partial charge in [-0.05, 0) is 49.9 Å². The summed E-state index contributed by atoms with van der Waals surface area (Å²) in [4.78, 5) is 2.65. The van der Waals surface area contributed by atoms with Crippen LogP contribution in [0.5, 0.6) is 0 Å². The number of rotatable bonds is 5. The Balaban J connectivity index is 2.26. The fourth-order valence-corrected chi connectivity index (χ4v) is 3.72. The molecular weight excluding hydrogens is 244 g/mol. The Morgan fingerprint density at radius 1 is 1.20 bits per heavy atom. The highest BCUT2D eigenvalue weighted by Crippen LogP contribution is 2.31. The van der Waals surface area contributed by atoms with Crippen LogP contribution in [-0.4, -0.2) is 24.0 Å². The lowest BCUT2D eigenvalue weighted by molar-refractivity contribution is 0.113. The highest BCUT2D eigenvalue weighted by Gasteiger charge is 2.27. The summed E-state index contributed by atoms with van der Waals surface area (Å²) in [6.45, 7) is 8.53. The molecule has 2 N–H and O–H groups in total. The second-order valence-electron chi connectivity index (χ2n) is 6.16. The Kier molecular flexibility index (Phi) is 5.62. The summed E-state index contributed by atoms with van der Waals surface area (Å²) < 4.78 is 0. The van der Waals surface area contributed by atoms with Crippen molar-refractivity contribution in [3.05, 3.63) is 34.9 Å². The molecule has 1 unspecified atom stereocenters. The summed E-state index contributed by atoms with van der Waals surface area (Å²) >= 11 is 0. The number of nitrogens with zero attached hydrogens (tertiary/aromatic N) is 1. The fourth-order valence-electron chi connectivity index (χ4n) is 3.72. The summed E-state index contributed by atoms with van der Waals surface area (Å²) in [5, 5.41) is 0. The first-order valence-electron chi connectivity index (χ1n) is 8.21. The minimum Gasteiger partial charge on any atom is -0.329 e. The van der Waals surface area contributed by atoms with Gasteiger partial charge in [0.15, 0.2) is 0 Å². The molecule has 20 heavy (non-hydrogen) atoms. The Hall–Kier alpha value is -0.860. The molecule has 0 saturated heterocycles. The van der Waals surface area contributed by atoms with Crippen molar-refractivity contribution < 1.29 is 0 Å². The van der Waals surface area contributed by atoms with Crippen molar-refractivity contribution in [2.75, 3.05) is 13.1 Å². The van der Waals surface area contributed by atoms with Gasteiger partial charge in [-0.15, -0.1) is 0 Å². The van der Waals surface area contributed by atoms with E-state index in [0.29, 0.717) is 12.6 Å². The molecule has 1 saturated carbocycles. The van der Waals surface area contributed by atoms with Crippen LogP contribution in [0.1, 0.15) is 61.8 Å². The van der Waals surface area contributed by atoms with Gasteiger partial charge in [-0.3, -0.25) is 4.90 Å². The van der Waals surface area contributed by atoms with Crippen molar-refractivity contribution in [3.8, 4) is 0 Å². The summed E-state index contributed by atoms with van der Waals surface area (Å²) in [6, 6.07) is 7.74. The summed E-state index contributed by atoms with van der Waals surface area (Å²) in [5.41, 5.74) is 10.4. The third kappa shape index (κ3) is 3.24. The number of aryl methyl sites for hydroxylation is 1. The van der Waals surface area contributed by atoms with Gasteiger partial charge in [0.05, 0.1) is 0 Å². The first-order chi connectivity index (χ1) is 9.69. The van der Waals surface area contributed by atoms with Gasteiger partial charge in [0.25, 0.3) is 0 Å². The lowest BCUT2D eigenvalue weighted by Crippen LogP contribution is -2.42. The number of likely N-dealkylation sites (N-methyl/N-ethyl adjacent to an activating group) is 1. The van der Waals surface area contributed by atoms with Crippen LogP contribution in [0.2, 0.25) is 0 Å². The van der Waals surface area contributed by atoms with E-state index in [-0.39, 0.29) is 0 Å². The standard InChI is InChI=1S/C18H30N2/c1-4-20(16-10-6-5-7-11-16)18(13-19)17-12-8-9-14(2)15(17)3/h8-9,12,16,18H,4-7,10-11,13,19H2,1-3H3. The number of hydrogen-bond acceptors (Lipinski definition) is 2. The Labute approximate surface area is 124 Å². The second kappa shape index (κ2) is 7.24. The zero-order valence-electron chi connectivity index (χ0n) is 13.4. The third-order valence-electron chi connectivity index (χ3n) is 5.04. The molecule has 1 aromatic rings. The van der Waals surface area contributed by atoms with Crippen molar-refractivity contribution in [2.45, 2.75) is 65.0 Å². The summed E-state index contributed by atoms with van der Waals surface area (Å²) in [6.07, 6.45) is 6.85. The van der Waals surface area contributed by atoms with Crippen LogP contribution in [0, 0.1) is 13.8 Å². The Morgan fingerprint density at radius 2 is 1.90 bits per heavy atom. The van der Waals surface area contributed by atoms with Crippen LogP contribution in [0.3, 0.4) is 0 Å². The van der Waals surface area contributed by atoms with Crippen LogP contribution >= 0.6 is 0 Å². The zero-order valence-corrected chi connectivity index (χ0v) is 13.4. The van der Waals surface area contributed by atoms with Gasteiger partial charge in [-0.25, -0.2) is 0 Å². The average molecular weight is 274 g/mol. The molecule has 1 aliphatic rings. The molecule has 0 spiro atoms. The second-order valence-corrected chi connectivity index (χ2v) is 6.16. The Morgan fingerprint density at radius 3 is 2.50 bits per heavy atom. The first kappa shape index (κ1) is 15.5. The van der Waals surface area contributed by atoms with E-state index in [4.69, 9.17) is 5.73 Å². The monoisotopic (exact) mass is 274 g/mol. The molecule has 1 fully saturated rings. The minimum absolute atomic E-state index is 0.378. The van der Waals surface area contributed by atoms with Gasteiger partial charge in [0, 0.05) is 18.6 Å². The van der Waals surface area contributed by atoms with Crippen molar-refractivity contribution in [2.24, 2.45) is 5.73 Å². The van der Waals surface area contributed by atoms with E-state index in [2.05, 4.69) is 43.9 Å². The van der Waals surface area contributed by atoms with E-state index in [1.165, 1.54) is 48.8 Å². The van der Waals surface area contributed by atoms with Gasteiger partial charge in [-0.2, -0.15) is 0 Å². The van der Waals surface area contributed by atoms with Gasteiger partial charge in [-0.1, -0.05) is 44.4 Å². The molecule has 112 valence electrons. The third-order valence-corrected chi connectivity index (χ3v) is 5.04. The van der Waals surface area contributed by atoms with Gasteiger partial charge in [0.2, 0.25) is 0 Å². The fraction of sp³-hybridized carbons (Fsp3) is 0.667. The normalized spacial score (nSPS) is 18.4. The van der Waals surface area contributed by atoms with Gasteiger partial charge in [0.1, 0.15) is 0 Å². The molecule has 2 nitrogen and oxygen atoms in total. The highest BCUT2D eigenvalue weighted by molar-refractivity contribution is 5.35. The highest BCUT2D eigenvalue weighted by atomic mass is 15.2. The average Bonchev–Trinajstić information content (AvgIpc) is 2.49. The van der Waals surface area contributed by atoms with E-state index in [9.17, 15) is 0 Å². The predicted octanol–water partition coefficient (Wildman–Crippen LogP) is 3.96. The van der Waals surface area contributed by atoms with E-state index in [1.54, 1.807) is 0 Å². The van der Waals surface area contributed by atoms with Crippen LogP contribution in [-0.2, 0) is 0 Å². The molecular formula is C18H30N2. The molecule has 0 amide bonds. The smallest absolute Gasteiger partial charge is 0.0475 e. The predicted molar refractivity (Wildman–Crippen MR) is 87.0 cm³/mol. The van der Waals surface area contributed by atoms with E-state index >= 15 is 0 Å². The van der Waals surface area contributed by atoms with E-state index in [1.807, 2.05) is 0 Å². The number of hydrogen-bond donors (Lipinski definition) is 1. The van der Waals surface area contributed by atoms with Crippen LogP contribution in [0.25, 0.3) is 0 Å². The molecule has 2 rings (SSSR count). The number of benzene rings is 1. The van der Waals surface area contributed by atoms with Gasteiger partial charge >= 0.3 is 0 Å². The molecule has 1 aromatic carbocycles. The molecule has 1 aliphatic carbocycles. The van der Waals surface area contributed by atoms with Crippen molar-refractivity contribution >= 4 is 0 Å². The topological polar surface area (TPSA) is 29.3 Å². The van der Waals surface area contributed by atoms with Crippen LogP contribution in [0.4, 0.5) is 0 Å². The first-order valence-corrected chi connectivity index (χ1v) is 8.21. The molecule has 0 heterocycles. The number of nitrogens with two attached hydrogens (primary N) is 1. The summed E-state index contributed by atoms with van der Waals surface area (Å²) in [7, 11) is 0. The van der Waals surface area contributed by atoms with Crippen molar-refractivity contribution in [1.29, 1.82) is 0 Å². The lowest BCUT2D eigenvalue weighted by Gasteiger charge is -2.39. The molecule has 0 aliphatic heterocycles. The summed E-state index contributed by atoms with van der Waals surface area (Å²) in [5.74, 6) is 0. The largest absolute Gasteiger partial charge is 0.329 e. The van der Waals surface area contributed by atoms with E-state index in [0.717, 1.165) is 12.6 Å². The molecule has 2 heteroatoms. The zero-order chi connectivity index (χ0) is 14.5. The molecule has 0 bridgehead atoms. The van der Waals surface area contributed by atoms with Crippen molar-refractivity contribution in [3.63, 3.8) is 0 Å². The quantitative estimate of drug-likeness (QED) is 0.880. The Bertz CT molecular complexity index is 421. The maximum atomic E-state index is 6.17. The van der Waals surface area contributed by atoms with Crippen LogP contribution in [0.15, 0.2) is 18.2 Å². The van der Waals surface area contributed by atoms with Crippen LogP contribution < -0.4 is 5.73 Å². The van der Waals surface area contributed by atoms with E-state index < -0.39 is 0 Å². The maximum absolute atomic E-state index is 6.17. The molecule has 1 atom stereocenters. The molecule has 0 radical (unpaired) electrons. The van der Waals surface area contributed by atoms with Crippen molar-refractivity contribution in [1.82, 2.24) is 4.90 Å². The minimum atomic E-state index is 0.378. The lowest BCUT2D eigenvalue weighted by atomic mass is 9.90. The SMILES string of the molecule is CCN(C1CCCCC1)C(CN)c1cccc(C)c1C.